The van der Waals surface area contributed by atoms with Crippen LogP contribution in [0, 0.1) is 11.3 Å². The highest BCUT2D eigenvalue weighted by molar-refractivity contribution is 7.80. The Kier molecular flexibility index (Phi) is 7.78. The van der Waals surface area contributed by atoms with Crippen molar-refractivity contribution in [3.05, 3.63) is 59.2 Å². The summed E-state index contributed by atoms with van der Waals surface area (Å²) in [6.45, 7) is 0. The summed E-state index contributed by atoms with van der Waals surface area (Å²) in [4.78, 5) is 13.1. The van der Waals surface area contributed by atoms with Crippen molar-refractivity contribution in [1.29, 1.82) is 5.26 Å². The molecule has 0 heterocycles. The lowest BCUT2D eigenvalue weighted by Crippen LogP contribution is -2.21. The van der Waals surface area contributed by atoms with Crippen LogP contribution in [0.15, 0.2) is 42.5 Å². The molecule has 9 heteroatoms. The number of nitriles is 1. The third-order valence-corrected chi connectivity index (χ3v) is 4.47. The Balaban J connectivity index is 1.94. The summed E-state index contributed by atoms with van der Waals surface area (Å²) in [5, 5.41) is 14.6. The molecule has 2 N–H and O–H groups in total. The topological polar surface area (TPSA) is 68.2 Å². The molecule has 0 aliphatic heterocycles. The van der Waals surface area contributed by atoms with Gasteiger partial charge >= 0.3 is 6.18 Å². The minimum Gasteiger partial charge on any atom is -0.349 e. The number of alkyl halides is 3. The lowest BCUT2D eigenvalue weighted by molar-refractivity contribution is -0.137. The van der Waals surface area contributed by atoms with Gasteiger partial charge in [0.05, 0.1) is 17.2 Å². The normalized spacial score (nSPS) is 10.8. The van der Waals surface area contributed by atoms with E-state index in [1.807, 2.05) is 12.1 Å². The quantitative estimate of drug-likeness (QED) is 0.640. The summed E-state index contributed by atoms with van der Waals surface area (Å²) in [7, 11) is 3.45. The van der Waals surface area contributed by atoms with Gasteiger partial charge in [-0.15, -0.1) is 0 Å². The van der Waals surface area contributed by atoms with Gasteiger partial charge < -0.3 is 15.5 Å². The summed E-state index contributed by atoms with van der Waals surface area (Å²) in [6.07, 6.45) is -2.66. The van der Waals surface area contributed by atoms with Crippen LogP contribution in [-0.4, -0.2) is 30.0 Å². The number of aryl methyl sites for hydroxylation is 1. The van der Waals surface area contributed by atoms with Crippen molar-refractivity contribution in [2.24, 2.45) is 0 Å². The van der Waals surface area contributed by atoms with Gasteiger partial charge in [-0.05, 0) is 61.0 Å². The summed E-state index contributed by atoms with van der Waals surface area (Å²) >= 11 is 5.16. The van der Waals surface area contributed by atoms with E-state index in [0.717, 1.165) is 30.5 Å². The molecule has 2 rings (SSSR count). The van der Waals surface area contributed by atoms with E-state index >= 15 is 0 Å². The summed E-state index contributed by atoms with van der Waals surface area (Å²) in [5.74, 6) is 0.0844. The van der Waals surface area contributed by atoms with Crippen molar-refractivity contribution in [2.75, 3.05) is 24.7 Å². The van der Waals surface area contributed by atoms with Crippen molar-refractivity contribution >= 4 is 34.6 Å². The molecule has 0 fully saturated rings. The van der Waals surface area contributed by atoms with Gasteiger partial charge in [0.1, 0.15) is 0 Å². The van der Waals surface area contributed by atoms with Gasteiger partial charge in [0.25, 0.3) is 0 Å². The highest BCUT2D eigenvalue weighted by atomic mass is 32.1. The third kappa shape index (κ3) is 6.74. The van der Waals surface area contributed by atoms with E-state index in [9.17, 15) is 18.0 Å². The number of halogens is 3. The predicted molar refractivity (Wildman–Crippen MR) is 114 cm³/mol. The van der Waals surface area contributed by atoms with Crippen LogP contribution in [0.5, 0.6) is 0 Å². The number of nitrogens with one attached hydrogen (secondary N) is 2. The third-order valence-electron chi connectivity index (χ3n) is 4.27. The number of carbonyl (C=O) groups excluding carboxylic acids is 1. The van der Waals surface area contributed by atoms with Crippen LogP contribution >= 0.6 is 12.2 Å². The molecule has 0 spiro atoms. The van der Waals surface area contributed by atoms with E-state index in [4.69, 9.17) is 17.5 Å². The van der Waals surface area contributed by atoms with Gasteiger partial charge in [-0.1, -0.05) is 12.1 Å². The SMILES string of the molecule is CN(C)C(=O)CCCc1ccc(NC(=S)Nc2ccc(C#N)c(C(F)(F)F)c2)cc1. The molecule has 0 aliphatic rings. The second kappa shape index (κ2) is 10.1. The lowest BCUT2D eigenvalue weighted by atomic mass is 10.1. The molecule has 30 heavy (non-hydrogen) atoms. The molecule has 2 aromatic carbocycles. The first kappa shape index (κ1) is 23.2. The molecule has 5 nitrogen and oxygen atoms in total. The number of amides is 1. The average molecular weight is 434 g/mol. The second-order valence-electron chi connectivity index (χ2n) is 6.79. The zero-order valence-electron chi connectivity index (χ0n) is 16.5. The molecule has 0 aliphatic carbocycles. The molecule has 0 unspecified atom stereocenters. The number of hydrogen-bond donors (Lipinski definition) is 2. The van der Waals surface area contributed by atoms with Crippen molar-refractivity contribution in [3.8, 4) is 6.07 Å². The highest BCUT2D eigenvalue weighted by Gasteiger charge is 2.33. The van der Waals surface area contributed by atoms with Crippen LogP contribution in [0.2, 0.25) is 0 Å². The van der Waals surface area contributed by atoms with E-state index in [1.165, 1.54) is 12.1 Å². The Morgan fingerprint density at radius 1 is 1.10 bits per heavy atom. The van der Waals surface area contributed by atoms with Crippen molar-refractivity contribution in [1.82, 2.24) is 4.90 Å². The molecule has 0 aromatic heterocycles. The molecule has 0 radical (unpaired) electrons. The fourth-order valence-corrected chi connectivity index (χ4v) is 2.91. The van der Waals surface area contributed by atoms with Gasteiger partial charge in [-0.3, -0.25) is 4.79 Å². The summed E-state index contributed by atoms with van der Waals surface area (Å²) in [6, 6.07) is 12.3. The van der Waals surface area contributed by atoms with Crippen LogP contribution in [0.1, 0.15) is 29.5 Å². The molecule has 0 bridgehead atoms. The second-order valence-corrected chi connectivity index (χ2v) is 7.20. The van der Waals surface area contributed by atoms with Gasteiger partial charge in [-0.25, -0.2) is 0 Å². The molecule has 2 aromatic rings. The summed E-state index contributed by atoms with van der Waals surface area (Å²) < 4.78 is 39.2. The zero-order chi connectivity index (χ0) is 22.3. The number of anilines is 2. The number of hydrogen-bond acceptors (Lipinski definition) is 3. The van der Waals surface area contributed by atoms with E-state index in [2.05, 4.69) is 10.6 Å². The fourth-order valence-electron chi connectivity index (χ4n) is 2.67. The first-order valence-corrected chi connectivity index (χ1v) is 9.49. The number of carbonyl (C=O) groups is 1. The van der Waals surface area contributed by atoms with Crippen LogP contribution in [0.25, 0.3) is 0 Å². The highest BCUT2D eigenvalue weighted by Crippen LogP contribution is 2.33. The largest absolute Gasteiger partial charge is 0.417 e. The number of nitrogens with zero attached hydrogens (tertiary/aromatic N) is 2. The first-order valence-electron chi connectivity index (χ1n) is 9.08. The Bertz CT molecular complexity index is 950. The van der Waals surface area contributed by atoms with E-state index < -0.39 is 17.3 Å². The minimum absolute atomic E-state index is 0.0844. The van der Waals surface area contributed by atoms with Crippen molar-refractivity contribution in [3.63, 3.8) is 0 Å². The monoisotopic (exact) mass is 434 g/mol. The minimum atomic E-state index is -4.63. The Morgan fingerprint density at radius 3 is 2.27 bits per heavy atom. The van der Waals surface area contributed by atoms with Crippen LogP contribution < -0.4 is 10.6 Å². The van der Waals surface area contributed by atoms with E-state index in [0.29, 0.717) is 12.1 Å². The smallest absolute Gasteiger partial charge is 0.349 e. The Morgan fingerprint density at radius 2 is 1.70 bits per heavy atom. The molecule has 1 amide bonds. The van der Waals surface area contributed by atoms with Gasteiger partial charge in [0, 0.05) is 31.9 Å². The van der Waals surface area contributed by atoms with Gasteiger partial charge in [-0.2, -0.15) is 18.4 Å². The molecule has 0 saturated heterocycles. The maximum Gasteiger partial charge on any atom is 0.417 e. The zero-order valence-corrected chi connectivity index (χ0v) is 17.3. The summed E-state index contributed by atoms with van der Waals surface area (Å²) in [5.41, 5.74) is 0.393. The van der Waals surface area contributed by atoms with Crippen LogP contribution in [0.4, 0.5) is 24.5 Å². The molecule has 158 valence electrons. The Labute approximate surface area is 178 Å². The number of benzene rings is 2. The van der Waals surface area contributed by atoms with Crippen molar-refractivity contribution < 1.29 is 18.0 Å². The predicted octanol–water partition coefficient (Wildman–Crippen LogP) is 4.80. The van der Waals surface area contributed by atoms with Crippen molar-refractivity contribution in [2.45, 2.75) is 25.4 Å². The number of thiocarbonyl (C=S) groups is 1. The van der Waals surface area contributed by atoms with Gasteiger partial charge in [0.15, 0.2) is 5.11 Å². The van der Waals surface area contributed by atoms with Crippen LogP contribution in [0.3, 0.4) is 0 Å². The molecule has 0 saturated carbocycles. The molecular weight excluding hydrogens is 413 g/mol. The van der Waals surface area contributed by atoms with Crippen LogP contribution in [-0.2, 0) is 17.4 Å². The first-order chi connectivity index (χ1) is 14.1. The molecular formula is C21H21F3N4OS. The maximum absolute atomic E-state index is 13.1. The van der Waals surface area contributed by atoms with Gasteiger partial charge in [0.2, 0.25) is 5.91 Å². The standard InChI is InChI=1S/C21H21F3N4OS/c1-28(2)19(29)5-3-4-14-6-9-16(10-7-14)26-20(30)27-17-11-8-15(13-25)18(12-17)21(22,23)24/h6-12H,3-5H2,1-2H3,(H2,26,27,30). The number of rotatable bonds is 6. The average Bonchev–Trinajstić information content (AvgIpc) is 2.68. The lowest BCUT2D eigenvalue weighted by Gasteiger charge is -2.14. The Hall–Kier alpha value is -3.12. The fraction of sp³-hybridized carbons (Fsp3) is 0.286. The van der Waals surface area contributed by atoms with E-state index in [-0.39, 0.29) is 16.7 Å². The molecule has 0 atom stereocenters. The van der Waals surface area contributed by atoms with E-state index in [1.54, 1.807) is 31.1 Å². The maximum atomic E-state index is 13.1.